The molecule has 0 aliphatic carbocycles. The molecule has 0 heterocycles. The Hall–Kier alpha value is -0.460. The minimum atomic E-state index is 1.22. The lowest BCUT2D eigenvalue weighted by molar-refractivity contribution is 0.509. The molecule has 60 valence electrons. The first-order chi connectivity index (χ1) is 4.68. The highest BCUT2D eigenvalue weighted by Crippen LogP contribution is 2.01. The Morgan fingerprint density at radius 3 is 2.40 bits per heavy atom. The van der Waals surface area contributed by atoms with Crippen LogP contribution in [0.5, 0.6) is 0 Å². The second-order valence-corrected chi connectivity index (χ2v) is 2.88. The molecule has 0 aliphatic rings. The maximum absolute atomic E-state index is 2.30. The minimum absolute atomic E-state index is 1.22. The van der Waals surface area contributed by atoms with Crippen molar-refractivity contribution in [2.75, 3.05) is 14.1 Å². The van der Waals surface area contributed by atoms with E-state index in [0.717, 1.165) is 0 Å². The topological polar surface area (TPSA) is 3.24 Å². The third-order valence-corrected chi connectivity index (χ3v) is 1.70. The highest BCUT2D eigenvalue weighted by Gasteiger charge is 1.88. The van der Waals surface area contributed by atoms with Gasteiger partial charge >= 0.3 is 0 Å². The third kappa shape index (κ3) is 4.42. The van der Waals surface area contributed by atoms with Crippen LogP contribution in [0.3, 0.4) is 0 Å². The molecule has 0 radical (unpaired) electrons. The van der Waals surface area contributed by atoms with Crippen LogP contribution in [0, 0.1) is 0 Å². The normalized spacial score (nSPS) is 11.8. The van der Waals surface area contributed by atoms with Gasteiger partial charge in [0.25, 0.3) is 0 Å². The Bertz CT molecular complexity index is 103. The van der Waals surface area contributed by atoms with Crippen LogP contribution in [0.4, 0.5) is 0 Å². The number of allylic oxidation sites excluding steroid dienone is 2. The molecule has 0 aliphatic heterocycles. The third-order valence-electron chi connectivity index (χ3n) is 1.70. The summed E-state index contributed by atoms with van der Waals surface area (Å²) in [4.78, 5) is 2.15. The lowest BCUT2D eigenvalue weighted by atomic mass is 10.2. The Labute approximate surface area is 64.7 Å². The monoisotopic (exact) mass is 141 g/mol. The van der Waals surface area contributed by atoms with Gasteiger partial charge in [0.05, 0.1) is 0 Å². The van der Waals surface area contributed by atoms with Crippen LogP contribution in [-0.2, 0) is 0 Å². The first kappa shape index (κ1) is 9.54. The number of nitrogens with zero attached hydrogens (tertiary/aromatic N) is 1. The average Bonchev–Trinajstić information content (AvgIpc) is 1.88. The molecule has 0 saturated carbocycles. The summed E-state index contributed by atoms with van der Waals surface area (Å²) in [6.45, 7) is 4.37. The van der Waals surface area contributed by atoms with Crippen molar-refractivity contribution in [1.82, 2.24) is 4.90 Å². The predicted octanol–water partition coefficient (Wildman–Crippen LogP) is 2.64. The molecule has 0 aromatic heterocycles. The molecular weight excluding hydrogens is 122 g/mol. The van der Waals surface area contributed by atoms with Gasteiger partial charge in [0, 0.05) is 19.8 Å². The zero-order valence-corrected chi connectivity index (χ0v) is 7.65. The highest BCUT2D eigenvalue weighted by molar-refractivity contribution is 4.94. The molecule has 0 rings (SSSR count). The number of unbranched alkanes of at least 4 members (excludes halogenated alkanes) is 2. The Kier molecular flexibility index (Phi) is 5.09. The minimum Gasteiger partial charge on any atom is -0.381 e. The van der Waals surface area contributed by atoms with Crippen LogP contribution in [0.2, 0.25) is 0 Å². The Morgan fingerprint density at radius 1 is 1.40 bits per heavy atom. The lowest BCUT2D eigenvalue weighted by Crippen LogP contribution is -2.07. The number of hydrogen-bond acceptors (Lipinski definition) is 1. The van der Waals surface area contributed by atoms with Crippen LogP contribution in [0.15, 0.2) is 11.8 Å². The summed E-state index contributed by atoms with van der Waals surface area (Å²) >= 11 is 0. The van der Waals surface area contributed by atoms with Gasteiger partial charge < -0.3 is 4.90 Å². The number of hydrogen-bond donors (Lipinski definition) is 0. The molecule has 0 aromatic carbocycles. The molecule has 0 saturated heterocycles. The SMILES string of the molecule is CCCCC=C(C)N(C)C. The van der Waals surface area contributed by atoms with Crippen LogP contribution in [0.25, 0.3) is 0 Å². The first-order valence-electron chi connectivity index (χ1n) is 4.02. The molecular formula is C9H19N. The van der Waals surface area contributed by atoms with E-state index >= 15 is 0 Å². The molecule has 0 spiro atoms. The summed E-state index contributed by atoms with van der Waals surface area (Å²) in [6, 6.07) is 0. The van der Waals surface area contributed by atoms with Gasteiger partial charge in [-0.2, -0.15) is 0 Å². The van der Waals surface area contributed by atoms with Gasteiger partial charge in [0.15, 0.2) is 0 Å². The Balaban J connectivity index is 3.48. The largest absolute Gasteiger partial charge is 0.381 e. The van der Waals surface area contributed by atoms with Crippen LogP contribution < -0.4 is 0 Å². The molecule has 1 heteroatoms. The van der Waals surface area contributed by atoms with E-state index in [1.807, 2.05) is 0 Å². The first-order valence-corrected chi connectivity index (χ1v) is 4.02. The van der Waals surface area contributed by atoms with Gasteiger partial charge in [0.1, 0.15) is 0 Å². The van der Waals surface area contributed by atoms with Gasteiger partial charge in [0.2, 0.25) is 0 Å². The Morgan fingerprint density at radius 2 is 2.00 bits per heavy atom. The smallest absolute Gasteiger partial charge is 0.00579 e. The number of rotatable bonds is 4. The molecule has 0 bridgehead atoms. The van der Waals surface area contributed by atoms with E-state index in [1.165, 1.54) is 25.0 Å². The summed E-state index contributed by atoms with van der Waals surface area (Å²) in [6.07, 6.45) is 6.12. The fourth-order valence-electron chi connectivity index (χ4n) is 0.698. The van der Waals surface area contributed by atoms with E-state index in [-0.39, 0.29) is 0 Å². The van der Waals surface area contributed by atoms with Crippen molar-refractivity contribution < 1.29 is 0 Å². The van der Waals surface area contributed by atoms with Gasteiger partial charge in [-0.25, -0.2) is 0 Å². The van der Waals surface area contributed by atoms with Crippen LogP contribution in [-0.4, -0.2) is 19.0 Å². The van der Waals surface area contributed by atoms with E-state index in [9.17, 15) is 0 Å². The van der Waals surface area contributed by atoms with Gasteiger partial charge in [-0.1, -0.05) is 25.8 Å². The zero-order chi connectivity index (χ0) is 7.98. The van der Waals surface area contributed by atoms with Gasteiger partial charge in [-0.3, -0.25) is 0 Å². The van der Waals surface area contributed by atoms with Gasteiger partial charge in [-0.05, 0) is 13.3 Å². The highest BCUT2D eigenvalue weighted by atomic mass is 15.1. The second-order valence-electron chi connectivity index (χ2n) is 2.88. The summed E-state index contributed by atoms with van der Waals surface area (Å²) in [5, 5.41) is 0. The zero-order valence-electron chi connectivity index (χ0n) is 7.65. The predicted molar refractivity (Wildman–Crippen MR) is 47.0 cm³/mol. The standard InChI is InChI=1S/C9H19N/c1-5-6-7-8-9(2)10(3)4/h8H,5-7H2,1-4H3. The lowest BCUT2D eigenvalue weighted by Gasteiger charge is -2.11. The van der Waals surface area contributed by atoms with Crippen molar-refractivity contribution in [2.45, 2.75) is 33.1 Å². The van der Waals surface area contributed by atoms with Crippen molar-refractivity contribution in [3.63, 3.8) is 0 Å². The quantitative estimate of drug-likeness (QED) is 0.544. The molecule has 10 heavy (non-hydrogen) atoms. The van der Waals surface area contributed by atoms with E-state index in [1.54, 1.807) is 0 Å². The van der Waals surface area contributed by atoms with Crippen molar-refractivity contribution in [1.29, 1.82) is 0 Å². The fraction of sp³-hybridized carbons (Fsp3) is 0.778. The van der Waals surface area contributed by atoms with E-state index in [0.29, 0.717) is 0 Å². The van der Waals surface area contributed by atoms with Crippen LogP contribution in [0.1, 0.15) is 33.1 Å². The summed E-state index contributed by atoms with van der Waals surface area (Å²) < 4.78 is 0. The maximum Gasteiger partial charge on any atom is 0.00579 e. The van der Waals surface area contributed by atoms with E-state index < -0.39 is 0 Å². The summed E-state index contributed by atoms with van der Waals surface area (Å²) in [5.41, 5.74) is 1.37. The molecule has 0 atom stereocenters. The maximum atomic E-state index is 2.30. The van der Waals surface area contributed by atoms with E-state index in [4.69, 9.17) is 0 Å². The second kappa shape index (κ2) is 5.33. The summed E-state index contributed by atoms with van der Waals surface area (Å²) in [7, 11) is 4.16. The molecule has 0 amide bonds. The summed E-state index contributed by atoms with van der Waals surface area (Å²) in [5.74, 6) is 0. The molecule has 0 N–H and O–H groups in total. The fourth-order valence-corrected chi connectivity index (χ4v) is 0.698. The molecule has 1 nitrogen and oxygen atoms in total. The van der Waals surface area contributed by atoms with Crippen molar-refractivity contribution in [3.05, 3.63) is 11.8 Å². The average molecular weight is 141 g/mol. The van der Waals surface area contributed by atoms with E-state index in [2.05, 4.69) is 38.9 Å². The van der Waals surface area contributed by atoms with Gasteiger partial charge in [-0.15, -0.1) is 0 Å². The molecule has 0 aromatic rings. The van der Waals surface area contributed by atoms with Crippen molar-refractivity contribution in [2.24, 2.45) is 0 Å². The van der Waals surface area contributed by atoms with Crippen molar-refractivity contribution >= 4 is 0 Å². The van der Waals surface area contributed by atoms with Crippen LogP contribution >= 0.6 is 0 Å². The van der Waals surface area contributed by atoms with Crippen molar-refractivity contribution in [3.8, 4) is 0 Å². The molecule has 0 fully saturated rings. The molecule has 0 unspecified atom stereocenters.